The van der Waals surface area contributed by atoms with E-state index in [9.17, 15) is 4.79 Å². The van der Waals surface area contributed by atoms with E-state index in [1.807, 2.05) is 35.8 Å². The van der Waals surface area contributed by atoms with Crippen molar-refractivity contribution in [3.8, 4) is 0 Å². The van der Waals surface area contributed by atoms with Crippen LogP contribution in [-0.2, 0) is 11.3 Å². The number of benzene rings is 1. The van der Waals surface area contributed by atoms with Crippen molar-refractivity contribution in [3.63, 3.8) is 0 Å². The van der Waals surface area contributed by atoms with Crippen LogP contribution in [0.15, 0.2) is 42.1 Å². The van der Waals surface area contributed by atoms with Gasteiger partial charge < -0.3 is 0 Å². The molecule has 2 nitrogen and oxygen atoms in total. The molecule has 1 aliphatic rings. The molecule has 2 rings (SSSR count). The van der Waals surface area contributed by atoms with Crippen LogP contribution in [-0.4, -0.2) is 16.6 Å². The first kappa shape index (κ1) is 9.84. The molecule has 1 aromatic carbocycles. The summed E-state index contributed by atoms with van der Waals surface area (Å²) >= 11 is 0. The Hall–Kier alpha value is -1.70. The van der Waals surface area contributed by atoms with Crippen molar-refractivity contribution >= 4 is 12.0 Å². The van der Waals surface area contributed by atoms with Gasteiger partial charge in [0.25, 0.3) is 0 Å². The monoisotopic (exact) mass is 200 g/mol. The molecule has 15 heavy (non-hydrogen) atoms. The highest BCUT2D eigenvalue weighted by atomic mass is 16.1. The molecule has 0 saturated carbocycles. The smallest absolute Gasteiger partial charge is 0.222 e. The second-order valence-electron chi connectivity index (χ2n) is 3.76. The zero-order valence-electron chi connectivity index (χ0n) is 8.81. The Morgan fingerprint density at radius 1 is 1.27 bits per heavy atom. The molecule has 0 saturated heterocycles. The van der Waals surface area contributed by atoms with E-state index in [2.05, 4.69) is 12.1 Å². The van der Waals surface area contributed by atoms with Gasteiger partial charge in [0.1, 0.15) is 0 Å². The largest absolute Gasteiger partial charge is 0.288 e. The standard InChI is InChI=1S/C13H14NO/c1-11-7-8-13(15)10-14(11)9-12-5-3-2-4-6-12/h2-7,10H,8-9H2,1H3/q+1. The Bertz CT molecular complexity index is 429. The lowest BCUT2D eigenvalue weighted by atomic mass is 10.1. The van der Waals surface area contributed by atoms with Gasteiger partial charge in [0.15, 0.2) is 12.2 Å². The molecule has 0 unspecified atom stereocenters. The molecular formula is C13H14NO+. The van der Waals surface area contributed by atoms with Crippen LogP contribution >= 0.6 is 0 Å². The van der Waals surface area contributed by atoms with Crippen molar-refractivity contribution in [3.05, 3.63) is 47.7 Å². The van der Waals surface area contributed by atoms with Crippen molar-refractivity contribution < 1.29 is 9.37 Å². The Morgan fingerprint density at radius 2 is 2.00 bits per heavy atom. The molecule has 1 aromatic rings. The minimum absolute atomic E-state index is 0.177. The van der Waals surface area contributed by atoms with E-state index < -0.39 is 0 Å². The van der Waals surface area contributed by atoms with E-state index in [0.717, 1.165) is 12.2 Å². The highest BCUT2D eigenvalue weighted by Crippen LogP contribution is 2.08. The maximum atomic E-state index is 11.3. The lowest BCUT2D eigenvalue weighted by molar-refractivity contribution is -0.489. The van der Waals surface area contributed by atoms with Crippen LogP contribution in [0.1, 0.15) is 18.9 Å². The lowest BCUT2D eigenvalue weighted by Crippen LogP contribution is -2.20. The fraction of sp³-hybridized carbons (Fsp3) is 0.231. The topological polar surface area (TPSA) is 20.1 Å². The summed E-state index contributed by atoms with van der Waals surface area (Å²) in [7, 11) is 0. The minimum atomic E-state index is 0.177. The Labute approximate surface area is 89.6 Å². The summed E-state index contributed by atoms with van der Waals surface area (Å²) in [6.07, 6.45) is 4.21. The molecule has 0 aliphatic carbocycles. The average molecular weight is 200 g/mol. The lowest BCUT2D eigenvalue weighted by Gasteiger charge is -2.06. The Morgan fingerprint density at radius 3 is 2.73 bits per heavy atom. The van der Waals surface area contributed by atoms with Gasteiger partial charge in [0, 0.05) is 18.9 Å². The van der Waals surface area contributed by atoms with Crippen molar-refractivity contribution in [2.24, 2.45) is 0 Å². The second kappa shape index (κ2) is 4.22. The minimum Gasteiger partial charge on any atom is -0.288 e. The number of rotatable bonds is 2. The quantitative estimate of drug-likeness (QED) is 0.670. The van der Waals surface area contributed by atoms with Gasteiger partial charge in [0.05, 0.1) is 0 Å². The normalized spacial score (nSPS) is 15.9. The molecule has 0 aromatic heterocycles. The molecule has 0 fully saturated rings. The molecule has 1 aliphatic heterocycles. The maximum absolute atomic E-state index is 11.3. The number of Topliss-reactive ketones (excluding diaryl/α,β-unsaturated/α-hetero) is 1. The SMILES string of the molecule is CC1=CCC(=O)C=[N+]1Cc1ccccc1. The van der Waals surface area contributed by atoms with Crippen molar-refractivity contribution in [1.29, 1.82) is 0 Å². The summed E-state index contributed by atoms with van der Waals surface area (Å²) in [4.78, 5) is 11.3. The zero-order chi connectivity index (χ0) is 10.7. The van der Waals surface area contributed by atoms with Crippen molar-refractivity contribution in [1.82, 2.24) is 0 Å². The van der Waals surface area contributed by atoms with E-state index in [1.54, 1.807) is 6.21 Å². The van der Waals surface area contributed by atoms with Crippen molar-refractivity contribution in [2.45, 2.75) is 19.9 Å². The third-order valence-corrected chi connectivity index (χ3v) is 2.55. The number of carbonyl (C=O) groups excluding carboxylic acids is 1. The van der Waals surface area contributed by atoms with Crippen LogP contribution in [0.2, 0.25) is 0 Å². The van der Waals surface area contributed by atoms with Gasteiger partial charge in [-0.05, 0) is 6.08 Å². The third-order valence-electron chi connectivity index (χ3n) is 2.55. The molecule has 2 heteroatoms. The number of allylic oxidation sites excluding steroid dienone is 2. The van der Waals surface area contributed by atoms with E-state index in [1.165, 1.54) is 5.56 Å². The Kier molecular flexibility index (Phi) is 2.77. The molecule has 0 spiro atoms. The van der Waals surface area contributed by atoms with Crippen molar-refractivity contribution in [2.75, 3.05) is 0 Å². The first-order chi connectivity index (χ1) is 7.25. The number of nitrogens with zero attached hydrogens (tertiary/aromatic N) is 1. The first-order valence-electron chi connectivity index (χ1n) is 5.11. The number of hydrogen-bond acceptors (Lipinski definition) is 1. The van der Waals surface area contributed by atoms with Gasteiger partial charge in [0.2, 0.25) is 12.0 Å². The fourth-order valence-corrected chi connectivity index (χ4v) is 1.64. The first-order valence-corrected chi connectivity index (χ1v) is 5.11. The van der Waals surface area contributed by atoms with Gasteiger partial charge in [-0.1, -0.05) is 30.3 Å². The van der Waals surface area contributed by atoms with Crippen LogP contribution in [0.3, 0.4) is 0 Å². The van der Waals surface area contributed by atoms with Crippen LogP contribution in [0.25, 0.3) is 0 Å². The highest BCUT2D eigenvalue weighted by Gasteiger charge is 2.16. The molecule has 1 heterocycles. The summed E-state index contributed by atoms with van der Waals surface area (Å²) in [5, 5.41) is 0. The second-order valence-corrected chi connectivity index (χ2v) is 3.76. The summed E-state index contributed by atoms with van der Waals surface area (Å²) < 4.78 is 2.00. The molecule has 0 atom stereocenters. The average Bonchev–Trinajstić information content (AvgIpc) is 2.25. The summed E-state index contributed by atoms with van der Waals surface area (Å²) in [6.45, 7) is 2.81. The fourth-order valence-electron chi connectivity index (χ4n) is 1.64. The van der Waals surface area contributed by atoms with Gasteiger partial charge in [-0.2, -0.15) is 4.58 Å². The van der Waals surface area contributed by atoms with Crippen LogP contribution in [0, 0.1) is 0 Å². The van der Waals surface area contributed by atoms with E-state index in [0.29, 0.717) is 6.42 Å². The molecule has 76 valence electrons. The predicted octanol–water partition coefficient (Wildman–Crippen LogP) is 2.15. The van der Waals surface area contributed by atoms with Crippen LogP contribution in [0.5, 0.6) is 0 Å². The van der Waals surface area contributed by atoms with Crippen LogP contribution < -0.4 is 0 Å². The summed E-state index contributed by atoms with van der Waals surface area (Å²) in [5.74, 6) is 0.177. The summed E-state index contributed by atoms with van der Waals surface area (Å²) in [6, 6.07) is 10.2. The molecular weight excluding hydrogens is 186 g/mol. The van der Waals surface area contributed by atoms with E-state index >= 15 is 0 Å². The van der Waals surface area contributed by atoms with Gasteiger partial charge >= 0.3 is 0 Å². The number of ketones is 1. The maximum Gasteiger partial charge on any atom is 0.222 e. The van der Waals surface area contributed by atoms with E-state index in [-0.39, 0.29) is 5.78 Å². The number of carbonyl (C=O) groups is 1. The molecule has 0 radical (unpaired) electrons. The zero-order valence-corrected chi connectivity index (χ0v) is 8.81. The molecule has 0 bridgehead atoms. The molecule has 0 amide bonds. The summed E-state index contributed by atoms with van der Waals surface area (Å²) in [5.41, 5.74) is 2.37. The highest BCUT2D eigenvalue weighted by molar-refractivity contribution is 6.26. The Balaban J connectivity index is 2.19. The van der Waals surface area contributed by atoms with Crippen LogP contribution in [0.4, 0.5) is 0 Å². The number of hydrogen-bond donors (Lipinski definition) is 0. The van der Waals surface area contributed by atoms with Gasteiger partial charge in [-0.25, -0.2) is 0 Å². The third kappa shape index (κ3) is 2.40. The predicted molar refractivity (Wildman–Crippen MR) is 59.9 cm³/mol. The molecule has 0 N–H and O–H groups in total. The van der Waals surface area contributed by atoms with Gasteiger partial charge in [-0.15, -0.1) is 0 Å². The van der Waals surface area contributed by atoms with Gasteiger partial charge in [-0.3, -0.25) is 4.79 Å². The van der Waals surface area contributed by atoms with E-state index in [4.69, 9.17) is 0 Å².